The molecule has 0 aliphatic heterocycles. The van der Waals surface area contributed by atoms with Gasteiger partial charge in [-0.15, -0.1) is 0 Å². The molecule has 3 aromatic rings. The van der Waals surface area contributed by atoms with Crippen LogP contribution in [-0.4, -0.2) is 23.2 Å². The van der Waals surface area contributed by atoms with Crippen LogP contribution >= 0.6 is 22.6 Å². The number of H-pyrrole nitrogens is 1. The summed E-state index contributed by atoms with van der Waals surface area (Å²) >= 11 is 2.34. The van der Waals surface area contributed by atoms with Gasteiger partial charge >= 0.3 is 0 Å². The second-order valence-electron chi connectivity index (χ2n) is 5.95. The Bertz CT molecular complexity index is 853. The van der Waals surface area contributed by atoms with Gasteiger partial charge in [-0.2, -0.15) is 5.10 Å². The number of hydrogen-bond acceptors (Lipinski definition) is 2. The molecule has 1 atom stereocenters. The van der Waals surface area contributed by atoms with Crippen molar-refractivity contribution in [3.63, 3.8) is 0 Å². The molecule has 0 bridgehead atoms. The van der Waals surface area contributed by atoms with Gasteiger partial charge in [0.2, 0.25) is 5.91 Å². The summed E-state index contributed by atoms with van der Waals surface area (Å²) in [5.74, 6) is -0.317. The van der Waals surface area contributed by atoms with Crippen LogP contribution in [-0.2, 0) is 9.22 Å². The van der Waals surface area contributed by atoms with Gasteiger partial charge in [0.1, 0.15) is 0 Å². The molecule has 5 heteroatoms. The Hall–Kier alpha value is -2.15. The molecule has 1 amide bonds. The van der Waals surface area contributed by atoms with Crippen LogP contribution in [0.1, 0.15) is 28.3 Å². The van der Waals surface area contributed by atoms with Crippen LogP contribution in [0.3, 0.4) is 0 Å². The fourth-order valence-electron chi connectivity index (χ4n) is 2.94. The average Bonchev–Trinajstić information content (AvgIpc) is 3.09. The molecule has 0 fully saturated rings. The van der Waals surface area contributed by atoms with Crippen molar-refractivity contribution in [2.75, 3.05) is 7.05 Å². The van der Waals surface area contributed by atoms with E-state index in [9.17, 15) is 4.79 Å². The minimum absolute atomic E-state index is 0.00512. The zero-order valence-corrected chi connectivity index (χ0v) is 16.4. The number of benzene rings is 2. The summed E-state index contributed by atoms with van der Waals surface area (Å²) in [6.45, 7) is 2.00. The number of nitrogens with one attached hydrogen (secondary N) is 2. The smallest absolute Gasteiger partial charge is 0.231 e. The normalized spacial score (nSPS) is 12.0. The van der Waals surface area contributed by atoms with Gasteiger partial charge in [0.15, 0.2) is 0 Å². The zero-order chi connectivity index (χ0) is 17.8. The molecule has 3 rings (SSSR count). The van der Waals surface area contributed by atoms with Gasteiger partial charge in [0, 0.05) is 22.7 Å². The highest BCUT2D eigenvalue weighted by Crippen LogP contribution is 2.29. The lowest BCUT2D eigenvalue weighted by Crippen LogP contribution is -2.26. The van der Waals surface area contributed by atoms with E-state index in [2.05, 4.69) is 50.2 Å². The first-order valence-corrected chi connectivity index (χ1v) is 9.63. The summed E-state index contributed by atoms with van der Waals surface area (Å²) in [5, 5.41) is 9.81. The highest BCUT2D eigenvalue weighted by atomic mass is 127. The zero-order valence-electron chi connectivity index (χ0n) is 14.2. The van der Waals surface area contributed by atoms with Crippen LogP contribution in [0.25, 0.3) is 11.1 Å². The highest BCUT2D eigenvalue weighted by Gasteiger charge is 2.21. The molecule has 0 saturated heterocycles. The Morgan fingerprint density at radius 3 is 2.20 bits per heavy atom. The third kappa shape index (κ3) is 3.76. The predicted molar refractivity (Wildman–Crippen MR) is 109 cm³/mol. The number of likely N-dealkylation sites (N-methyl/N-ethyl adjacent to an activating group) is 1. The van der Waals surface area contributed by atoms with E-state index in [1.807, 2.05) is 49.5 Å². The van der Waals surface area contributed by atoms with Gasteiger partial charge in [-0.05, 0) is 29.2 Å². The lowest BCUT2D eigenvalue weighted by molar-refractivity contribution is -0.121. The van der Waals surface area contributed by atoms with E-state index in [-0.39, 0.29) is 11.8 Å². The van der Waals surface area contributed by atoms with Gasteiger partial charge in [-0.1, -0.05) is 71.1 Å². The molecular weight excluding hydrogens is 425 g/mol. The first kappa shape index (κ1) is 17.7. The van der Waals surface area contributed by atoms with E-state index >= 15 is 0 Å². The van der Waals surface area contributed by atoms with Crippen molar-refractivity contribution < 1.29 is 4.79 Å². The summed E-state index contributed by atoms with van der Waals surface area (Å²) in [5.41, 5.74) is 6.43. The molecule has 4 nitrogen and oxygen atoms in total. The number of carbonyl (C=O) groups is 1. The first-order chi connectivity index (χ1) is 12.1. The van der Waals surface area contributed by atoms with Crippen LogP contribution in [0.15, 0.2) is 54.7 Å². The van der Waals surface area contributed by atoms with Crippen LogP contribution in [0, 0.1) is 6.92 Å². The highest BCUT2D eigenvalue weighted by molar-refractivity contribution is 14.1. The summed E-state index contributed by atoms with van der Waals surface area (Å²) in [6, 6.07) is 16.4. The van der Waals surface area contributed by atoms with E-state index in [1.165, 1.54) is 5.56 Å². The van der Waals surface area contributed by atoms with Crippen molar-refractivity contribution in [3.8, 4) is 11.1 Å². The Morgan fingerprint density at radius 1 is 1.12 bits per heavy atom. The van der Waals surface area contributed by atoms with Crippen molar-refractivity contribution in [3.05, 3.63) is 77.1 Å². The maximum Gasteiger partial charge on any atom is 0.231 e. The van der Waals surface area contributed by atoms with Crippen LogP contribution in [0.5, 0.6) is 0 Å². The number of alkyl halides is 1. The van der Waals surface area contributed by atoms with Crippen molar-refractivity contribution in [2.45, 2.75) is 17.3 Å². The van der Waals surface area contributed by atoms with E-state index in [0.29, 0.717) is 0 Å². The van der Waals surface area contributed by atoms with E-state index in [0.717, 1.165) is 32.4 Å². The van der Waals surface area contributed by atoms with Gasteiger partial charge in [-0.25, -0.2) is 0 Å². The maximum absolute atomic E-state index is 12.5. The Balaban J connectivity index is 1.96. The van der Waals surface area contributed by atoms with E-state index < -0.39 is 0 Å². The molecule has 1 heterocycles. The molecule has 0 radical (unpaired) electrons. The van der Waals surface area contributed by atoms with Crippen LogP contribution in [0.4, 0.5) is 0 Å². The second-order valence-corrected chi connectivity index (χ2v) is 6.72. The average molecular weight is 445 g/mol. The number of halogens is 1. The maximum atomic E-state index is 12.5. The molecule has 0 aliphatic carbocycles. The topological polar surface area (TPSA) is 57.8 Å². The molecule has 2 aromatic carbocycles. The fourth-order valence-corrected chi connectivity index (χ4v) is 3.44. The first-order valence-electron chi connectivity index (χ1n) is 8.10. The quantitative estimate of drug-likeness (QED) is 0.457. The van der Waals surface area contributed by atoms with Gasteiger partial charge in [0.05, 0.1) is 12.1 Å². The third-order valence-electron chi connectivity index (χ3n) is 4.36. The third-order valence-corrected chi connectivity index (χ3v) is 5.24. The molecule has 128 valence electrons. The van der Waals surface area contributed by atoms with Crippen LogP contribution < -0.4 is 5.32 Å². The fraction of sp³-hybridized carbons (Fsp3) is 0.200. The summed E-state index contributed by atoms with van der Waals surface area (Å²) in [6.07, 6.45) is 1.82. The molecular formula is C20H20IN3O. The van der Waals surface area contributed by atoms with Gasteiger partial charge in [0.25, 0.3) is 0 Å². The molecule has 1 aromatic heterocycles. The van der Waals surface area contributed by atoms with E-state index in [1.54, 1.807) is 7.05 Å². The minimum Gasteiger partial charge on any atom is -0.358 e. The number of aryl methyl sites for hydroxylation is 1. The van der Waals surface area contributed by atoms with E-state index in [4.69, 9.17) is 0 Å². The molecule has 0 saturated carbocycles. The van der Waals surface area contributed by atoms with Gasteiger partial charge < -0.3 is 5.32 Å². The minimum atomic E-state index is -0.312. The molecule has 2 N–H and O–H groups in total. The van der Waals surface area contributed by atoms with Crippen molar-refractivity contribution >= 4 is 28.5 Å². The monoisotopic (exact) mass is 445 g/mol. The summed E-state index contributed by atoms with van der Waals surface area (Å²) in [4.78, 5) is 12.5. The molecule has 0 spiro atoms. The SMILES string of the molecule is CNC(=O)C(c1ccc(CI)cc1)c1ccc(-c2cn[nH]c2C)cc1. The standard InChI is InChI=1S/C20H20IN3O/c1-13-18(12-23-24-13)15-7-9-17(10-8-15)19(20(25)22-2)16-5-3-14(11-21)4-6-16/h3-10,12,19H,11H2,1-2H3,(H,22,25)(H,23,24). The number of nitrogens with zero attached hydrogens (tertiary/aromatic N) is 1. The molecule has 0 aliphatic rings. The lowest BCUT2D eigenvalue weighted by Gasteiger charge is -2.17. The number of aromatic amines is 1. The van der Waals surface area contributed by atoms with Crippen molar-refractivity contribution in [1.82, 2.24) is 15.5 Å². The number of carbonyl (C=O) groups excluding carboxylic acids is 1. The summed E-state index contributed by atoms with van der Waals surface area (Å²) in [7, 11) is 1.68. The Labute approximate surface area is 161 Å². The van der Waals surface area contributed by atoms with Crippen molar-refractivity contribution in [1.29, 1.82) is 0 Å². The molecule has 1 unspecified atom stereocenters. The number of amides is 1. The van der Waals surface area contributed by atoms with Crippen LogP contribution in [0.2, 0.25) is 0 Å². The number of aromatic nitrogens is 2. The van der Waals surface area contributed by atoms with Crippen molar-refractivity contribution in [2.24, 2.45) is 0 Å². The Kier molecular flexibility index (Phi) is 5.53. The lowest BCUT2D eigenvalue weighted by atomic mass is 9.89. The Morgan fingerprint density at radius 2 is 1.72 bits per heavy atom. The predicted octanol–water partition coefficient (Wildman–Crippen LogP) is 4.20. The second kappa shape index (κ2) is 7.82. The number of hydrogen-bond donors (Lipinski definition) is 2. The summed E-state index contributed by atoms with van der Waals surface area (Å²) < 4.78 is 0.960. The molecule has 25 heavy (non-hydrogen) atoms. The largest absolute Gasteiger partial charge is 0.358 e. The van der Waals surface area contributed by atoms with Gasteiger partial charge in [-0.3, -0.25) is 9.89 Å². The number of rotatable bonds is 5.